The molecule has 0 aliphatic carbocycles. The number of hydrogen-bond acceptors (Lipinski definition) is 4. The predicted molar refractivity (Wildman–Crippen MR) is 93.7 cm³/mol. The number of carbonyl (C=O) groups excluding carboxylic acids is 1. The molecular weight excluding hydrogens is 345 g/mol. The van der Waals surface area contributed by atoms with Crippen molar-refractivity contribution in [2.24, 2.45) is 0 Å². The molecule has 1 fully saturated rings. The Morgan fingerprint density at radius 2 is 1.92 bits per heavy atom. The van der Waals surface area contributed by atoms with Crippen molar-refractivity contribution < 1.29 is 13.6 Å². The van der Waals surface area contributed by atoms with E-state index >= 15 is 0 Å². The van der Waals surface area contributed by atoms with Gasteiger partial charge in [-0.2, -0.15) is 0 Å². The van der Waals surface area contributed by atoms with Crippen LogP contribution in [0.25, 0.3) is 0 Å². The minimum Gasteiger partial charge on any atom is -0.467 e. The third kappa shape index (κ3) is 5.04. The molecular formula is C18H21ClFN3O2. The van der Waals surface area contributed by atoms with Crippen LogP contribution in [-0.2, 0) is 17.9 Å². The summed E-state index contributed by atoms with van der Waals surface area (Å²) in [5.74, 6) is 0.439. The van der Waals surface area contributed by atoms with Gasteiger partial charge in [-0.1, -0.05) is 17.7 Å². The van der Waals surface area contributed by atoms with Crippen molar-refractivity contribution in [1.29, 1.82) is 0 Å². The van der Waals surface area contributed by atoms with Gasteiger partial charge in [-0.15, -0.1) is 0 Å². The van der Waals surface area contributed by atoms with Crippen molar-refractivity contribution in [3.8, 4) is 0 Å². The van der Waals surface area contributed by atoms with Crippen LogP contribution in [0.2, 0.25) is 5.02 Å². The second-order valence-corrected chi connectivity index (χ2v) is 6.52. The molecule has 0 atom stereocenters. The van der Waals surface area contributed by atoms with Gasteiger partial charge in [0.1, 0.15) is 11.6 Å². The largest absolute Gasteiger partial charge is 0.467 e. The summed E-state index contributed by atoms with van der Waals surface area (Å²) in [5.41, 5.74) is 0.536. The van der Waals surface area contributed by atoms with Gasteiger partial charge in [-0.05, 0) is 24.3 Å². The maximum Gasteiger partial charge on any atom is 0.234 e. The number of nitrogens with one attached hydrogen (secondary N) is 1. The zero-order valence-electron chi connectivity index (χ0n) is 13.9. The molecule has 1 aromatic heterocycles. The molecule has 0 saturated carbocycles. The van der Waals surface area contributed by atoms with E-state index in [1.54, 1.807) is 24.5 Å². The normalized spacial score (nSPS) is 16.1. The summed E-state index contributed by atoms with van der Waals surface area (Å²) >= 11 is 6.09. The number of carbonyl (C=O) groups is 1. The number of amides is 1. The number of nitrogens with zero attached hydrogens (tertiary/aromatic N) is 2. The first-order valence-electron chi connectivity index (χ1n) is 8.28. The molecule has 2 aromatic rings. The molecule has 2 heterocycles. The summed E-state index contributed by atoms with van der Waals surface area (Å²) in [6.07, 6.45) is 1.59. The van der Waals surface area contributed by atoms with E-state index in [1.165, 1.54) is 6.07 Å². The van der Waals surface area contributed by atoms with E-state index in [-0.39, 0.29) is 11.7 Å². The molecule has 134 valence electrons. The molecule has 7 heteroatoms. The lowest BCUT2D eigenvalue weighted by molar-refractivity contribution is -0.122. The second kappa shape index (κ2) is 8.47. The molecule has 1 saturated heterocycles. The first-order valence-corrected chi connectivity index (χ1v) is 8.66. The Balaban J connectivity index is 1.42. The lowest BCUT2D eigenvalue weighted by atomic mass is 10.2. The molecule has 0 spiro atoms. The summed E-state index contributed by atoms with van der Waals surface area (Å²) < 4.78 is 19.1. The average Bonchev–Trinajstić information content (AvgIpc) is 3.12. The smallest absolute Gasteiger partial charge is 0.234 e. The summed E-state index contributed by atoms with van der Waals surface area (Å²) in [7, 11) is 0. The highest BCUT2D eigenvalue weighted by atomic mass is 35.5. The monoisotopic (exact) mass is 365 g/mol. The van der Waals surface area contributed by atoms with Gasteiger partial charge in [0.2, 0.25) is 5.91 Å². The third-order valence-corrected chi connectivity index (χ3v) is 4.67. The van der Waals surface area contributed by atoms with Gasteiger partial charge in [0.15, 0.2) is 0 Å². The fraction of sp³-hybridized carbons (Fsp3) is 0.389. The van der Waals surface area contributed by atoms with Crippen LogP contribution in [0.1, 0.15) is 11.3 Å². The summed E-state index contributed by atoms with van der Waals surface area (Å²) in [6.45, 7) is 4.32. The van der Waals surface area contributed by atoms with Crippen molar-refractivity contribution in [3.05, 3.63) is 58.8 Å². The van der Waals surface area contributed by atoms with Crippen LogP contribution in [0, 0.1) is 5.82 Å². The SMILES string of the molecule is O=C(CN1CCN(Cc2c(F)cccc2Cl)CC1)NCc1ccco1. The van der Waals surface area contributed by atoms with Crippen molar-refractivity contribution in [1.82, 2.24) is 15.1 Å². The third-order valence-electron chi connectivity index (χ3n) is 4.32. The van der Waals surface area contributed by atoms with Gasteiger partial charge in [0.05, 0.1) is 19.4 Å². The Bertz CT molecular complexity index is 680. The standard InChI is InChI=1S/C18H21ClFN3O2/c19-16-4-1-5-17(20)15(16)12-22-6-8-23(9-7-22)13-18(24)21-11-14-3-2-10-25-14/h1-5,10H,6-9,11-13H2,(H,21,24). The Morgan fingerprint density at radius 3 is 2.60 bits per heavy atom. The fourth-order valence-corrected chi connectivity index (χ4v) is 3.09. The van der Waals surface area contributed by atoms with Crippen LogP contribution in [-0.4, -0.2) is 48.4 Å². The van der Waals surface area contributed by atoms with E-state index < -0.39 is 0 Å². The Morgan fingerprint density at radius 1 is 1.16 bits per heavy atom. The van der Waals surface area contributed by atoms with Crippen molar-refractivity contribution in [2.75, 3.05) is 32.7 Å². The summed E-state index contributed by atoms with van der Waals surface area (Å²) in [4.78, 5) is 16.2. The lowest BCUT2D eigenvalue weighted by Gasteiger charge is -2.34. The maximum atomic E-state index is 13.9. The van der Waals surface area contributed by atoms with E-state index in [0.717, 1.165) is 31.9 Å². The molecule has 1 aromatic carbocycles. The zero-order valence-corrected chi connectivity index (χ0v) is 14.6. The van der Waals surface area contributed by atoms with Crippen molar-refractivity contribution >= 4 is 17.5 Å². The van der Waals surface area contributed by atoms with E-state index in [9.17, 15) is 9.18 Å². The van der Waals surface area contributed by atoms with Gasteiger partial charge in [-0.25, -0.2) is 4.39 Å². The fourth-order valence-electron chi connectivity index (χ4n) is 2.87. The first kappa shape index (κ1) is 17.9. The van der Waals surface area contributed by atoms with Crippen LogP contribution in [0.4, 0.5) is 4.39 Å². The molecule has 1 aliphatic rings. The van der Waals surface area contributed by atoms with Crippen LogP contribution in [0.5, 0.6) is 0 Å². The van der Waals surface area contributed by atoms with Crippen LogP contribution < -0.4 is 5.32 Å². The molecule has 3 rings (SSSR count). The van der Waals surface area contributed by atoms with Gasteiger partial charge < -0.3 is 9.73 Å². The zero-order chi connectivity index (χ0) is 17.6. The Labute approximate surface area is 151 Å². The number of hydrogen-bond donors (Lipinski definition) is 1. The average molecular weight is 366 g/mol. The molecule has 1 aliphatic heterocycles. The van der Waals surface area contributed by atoms with E-state index in [4.69, 9.17) is 16.0 Å². The quantitative estimate of drug-likeness (QED) is 0.854. The summed E-state index contributed by atoms with van der Waals surface area (Å²) in [6, 6.07) is 8.37. The van der Waals surface area contributed by atoms with Gasteiger partial charge in [-0.3, -0.25) is 14.6 Å². The molecule has 25 heavy (non-hydrogen) atoms. The molecule has 5 nitrogen and oxygen atoms in total. The molecule has 0 bridgehead atoms. The number of halogens is 2. The number of piperazine rings is 1. The second-order valence-electron chi connectivity index (χ2n) is 6.11. The van der Waals surface area contributed by atoms with Gasteiger partial charge in [0, 0.05) is 43.3 Å². The number of furan rings is 1. The summed E-state index contributed by atoms with van der Waals surface area (Å²) in [5, 5.41) is 3.30. The minimum atomic E-state index is -0.271. The van der Waals surface area contributed by atoms with Crippen LogP contribution in [0.3, 0.4) is 0 Å². The Hall–Kier alpha value is -1.89. The molecule has 0 unspecified atom stereocenters. The van der Waals surface area contributed by atoms with E-state index in [1.807, 2.05) is 6.07 Å². The maximum absolute atomic E-state index is 13.9. The molecule has 1 amide bonds. The van der Waals surface area contributed by atoms with E-state index in [2.05, 4.69) is 15.1 Å². The highest BCUT2D eigenvalue weighted by Gasteiger charge is 2.20. The number of benzene rings is 1. The number of rotatable bonds is 6. The molecule has 1 N–H and O–H groups in total. The highest BCUT2D eigenvalue weighted by Crippen LogP contribution is 2.21. The van der Waals surface area contributed by atoms with Crippen molar-refractivity contribution in [2.45, 2.75) is 13.1 Å². The first-order chi connectivity index (χ1) is 12.1. The van der Waals surface area contributed by atoms with Gasteiger partial charge >= 0.3 is 0 Å². The Kier molecular flexibility index (Phi) is 6.07. The van der Waals surface area contributed by atoms with E-state index in [0.29, 0.717) is 30.2 Å². The van der Waals surface area contributed by atoms with Crippen LogP contribution in [0.15, 0.2) is 41.0 Å². The molecule has 0 radical (unpaired) electrons. The van der Waals surface area contributed by atoms with Gasteiger partial charge in [0.25, 0.3) is 0 Å². The topological polar surface area (TPSA) is 48.7 Å². The predicted octanol–water partition coefficient (Wildman–Crippen LogP) is 2.51. The van der Waals surface area contributed by atoms with Crippen LogP contribution >= 0.6 is 11.6 Å². The lowest BCUT2D eigenvalue weighted by Crippen LogP contribution is -2.49. The minimum absolute atomic E-state index is 0.0259. The highest BCUT2D eigenvalue weighted by molar-refractivity contribution is 6.31. The van der Waals surface area contributed by atoms with Crippen molar-refractivity contribution in [3.63, 3.8) is 0 Å².